The molecular weight excluding hydrogens is 430 g/mol. The van der Waals surface area contributed by atoms with Crippen molar-refractivity contribution in [1.82, 2.24) is 9.97 Å². The number of aromatic amines is 1. The number of hydrogen-bond donors (Lipinski definition) is 2. The van der Waals surface area contributed by atoms with Gasteiger partial charge in [-0.1, -0.05) is 17.8 Å². The summed E-state index contributed by atoms with van der Waals surface area (Å²) in [5.41, 5.74) is 1.76. The molecular formula is C23H23N3O5S. The van der Waals surface area contributed by atoms with Gasteiger partial charge in [-0.2, -0.15) is 0 Å². The maximum atomic E-state index is 12.7. The smallest absolute Gasteiger partial charge is 0.338 e. The number of benzene rings is 2. The highest BCUT2D eigenvalue weighted by atomic mass is 32.2. The van der Waals surface area contributed by atoms with Gasteiger partial charge in [0.25, 0.3) is 5.56 Å². The molecule has 0 aliphatic heterocycles. The molecule has 2 aromatic carbocycles. The third kappa shape index (κ3) is 5.98. The second kappa shape index (κ2) is 10.6. The van der Waals surface area contributed by atoms with Gasteiger partial charge in [0.15, 0.2) is 5.16 Å². The Morgan fingerprint density at radius 1 is 1.16 bits per heavy atom. The van der Waals surface area contributed by atoms with Crippen molar-refractivity contribution in [3.05, 3.63) is 70.5 Å². The topological polar surface area (TPSA) is 110 Å². The van der Waals surface area contributed by atoms with Crippen LogP contribution in [0.2, 0.25) is 0 Å². The van der Waals surface area contributed by atoms with Crippen molar-refractivity contribution in [3.8, 4) is 17.0 Å². The highest BCUT2D eigenvalue weighted by molar-refractivity contribution is 8.00. The van der Waals surface area contributed by atoms with Crippen LogP contribution in [0.3, 0.4) is 0 Å². The average molecular weight is 454 g/mol. The van der Waals surface area contributed by atoms with Gasteiger partial charge in [0.05, 0.1) is 30.2 Å². The summed E-state index contributed by atoms with van der Waals surface area (Å²) < 4.78 is 10.1. The summed E-state index contributed by atoms with van der Waals surface area (Å²) in [6.07, 6.45) is 0. The van der Waals surface area contributed by atoms with Gasteiger partial charge in [0, 0.05) is 17.3 Å². The molecule has 0 bridgehead atoms. The molecule has 9 heteroatoms. The molecule has 0 saturated carbocycles. The average Bonchev–Trinajstić information content (AvgIpc) is 2.79. The van der Waals surface area contributed by atoms with Crippen molar-refractivity contribution in [2.75, 3.05) is 19.0 Å². The Balaban J connectivity index is 1.71. The molecule has 1 aromatic heterocycles. The zero-order valence-electron chi connectivity index (χ0n) is 17.9. The molecule has 166 valence electrons. The summed E-state index contributed by atoms with van der Waals surface area (Å²) in [6, 6.07) is 15.1. The van der Waals surface area contributed by atoms with E-state index in [0.29, 0.717) is 27.9 Å². The van der Waals surface area contributed by atoms with Crippen LogP contribution >= 0.6 is 11.8 Å². The number of amides is 1. The van der Waals surface area contributed by atoms with Gasteiger partial charge in [-0.3, -0.25) is 9.59 Å². The molecule has 0 spiro atoms. The molecule has 1 amide bonds. The lowest BCUT2D eigenvalue weighted by Crippen LogP contribution is -2.23. The molecule has 3 aromatic rings. The van der Waals surface area contributed by atoms with E-state index in [-0.39, 0.29) is 18.1 Å². The van der Waals surface area contributed by atoms with Crippen LogP contribution in [0.1, 0.15) is 24.2 Å². The number of carbonyl (C=O) groups is 2. The van der Waals surface area contributed by atoms with E-state index >= 15 is 0 Å². The highest BCUT2D eigenvalue weighted by Crippen LogP contribution is 2.24. The largest absolute Gasteiger partial charge is 0.497 e. The maximum absolute atomic E-state index is 12.7. The van der Waals surface area contributed by atoms with Gasteiger partial charge in [-0.15, -0.1) is 0 Å². The van der Waals surface area contributed by atoms with Crippen LogP contribution in [0.25, 0.3) is 11.3 Å². The Bertz CT molecular complexity index is 1160. The quantitative estimate of drug-likeness (QED) is 0.304. The molecule has 32 heavy (non-hydrogen) atoms. The van der Waals surface area contributed by atoms with E-state index in [9.17, 15) is 14.4 Å². The van der Waals surface area contributed by atoms with Crippen molar-refractivity contribution in [3.63, 3.8) is 0 Å². The Morgan fingerprint density at radius 2 is 1.91 bits per heavy atom. The zero-order valence-corrected chi connectivity index (χ0v) is 18.7. The Morgan fingerprint density at radius 3 is 2.59 bits per heavy atom. The van der Waals surface area contributed by atoms with Gasteiger partial charge in [0.2, 0.25) is 5.91 Å². The van der Waals surface area contributed by atoms with Crippen molar-refractivity contribution in [1.29, 1.82) is 0 Å². The number of hydrogen-bond acceptors (Lipinski definition) is 7. The number of rotatable bonds is 8. The second-order valence-corrected chi connectivity index (χ2v) is 8.04. The number of esters is 1. The summed E-state index contributed by atoms with van der Waals surface area (Å²) in [7, 11) is 1.58. The first kappa shape index (κ1) is 23.1. The highest BCUT2D eigenvalue weighted by Gasteiger charge is 2.17. The molecule has 0 fully saturated rings. The van der Waals surface area contributed by atoms with Crippen molar-refractivity contribution in [2.24, 2.45) is 0 Å². The number of ether oxygens (including phenoxy) is 2. The fraction of sp³-hybridized carbons (Fsp3) is 0.217. The maximum Gasteiger partial charge on any atom is 0.338 e. The van der Waals surface area contributed by atoms with Gasteiger partial charge >= 0.3 is 5.97 Å². The van der Waals surface area contributed by atoms with Crippen LogP contribution in [0, 0.1) is 0 Å². The number of anilines is 1. The molecule has 0 saturated heterocycles. The number of nitrogens with one attached hydrogen (secondary N) is 2. The van der Waals surface area contributed by atoms with Crippen LogP contribution in [-0.4, -0.2) is 40.8 Å². The number of aromatic nitrogens is 2. The van der Waals surface area contributed by atoms with E-state index in [2.05, 4.69) is 15.3 Å². The van der Waals surface area contributed by atoms with E-state index in [1.807, 2.05) is 12.1 Å². The number of carbonyl (C=O) groups excluding carboxylic acids is 2. The van der Waals surface area contributed by atoms with E-state index < -0.39 is 11.2 Å². The first-order valence-electron chi connectivity index (χ1n) is 9.90. The standard InChI is InChI=1S/C23H23N3O5S/c1-4-31-22(29)16-6-5-7-17(12-16)24-21(28)14(2)32-23-25-19(13-20(27)26-23)15-8-10-18(30-3)11-9-15/h5-14H,4H2,1-3H3,(H,24,28)(H,25,26,27). The van der Waals surface area contributed by atoms with E-state index in [4.69, 9.17) is 9.47 Å². The fourth-order valence-corrected chi connectivity index (χ4v) is 3.62. The molecule has 0 aliphatic carbocycles. The lowest BCUT2D eigenvalue weighted by Gasteiger charge is -2.12. The molecule has 3 rings (SSSR count). The summed E-state index contributed by atoms with van der Waals surface area (Å²) in [5.74, 6) is -0.0536. The molecule has 1 heterocycles. The first-order chi connectivity index (χ1) is 15.4. The molecule has 2 N–H and O–H groups in total. The van der Waals surface area contributed by atoms with Gasteiger partial charge in [-0.05, 0) is 56.3 Å². The minimum Gasteiger partial charge on any atom is -0.497 e. The van der Waals surface area contributed by atoms with Crippen molar-refractivity contribution >= 4 is 29.3 Å². The lowest BCUT2D eigenvalue weighted by atomic mass is 10.1. The predicted octanol–water partition coefficient (Wildman–Crippen LogP) is 3.74. The zero-order chi connectivity index (χ0) is 23.1. The Kier molecular flexibility index (Phi) is 7.67. The summed E-state index contributed by atoms with van der Waals surface area (Å²) in [5, 5.41) is 2.54. The fourth-order valence-electron chi connectivity index (χ4n) is 2.80. The molecule has 0 radical (unpaired) electrons. The molecule has 1 unspecified atom stereocenters. The molecule has 0 aliphatic rings. The minimum atomic E-state index is -0.560. The number of nitrogens with zero attached hydrogens (tertiary/aromatic N) is 1. The minimum absolute atomic E-state index is 0.268. The number of H-pyrrole nitrogens is 1. The third-order valence-electron chi connectivity index (χ3n) is 4.40. The van der Waals surface area contributed by atoms with Crippen LogP contribution in [-0.2, 0) is 9.53 Å². The molecule has 8 nitrogen and oxygen atoms in total. The van der Waals surface area contributed by atoms with E-state index in [0.717, 1.165) is 17.3 Å². The number of methoxy groups -OCH3 is 1. The molecule has 1 atom stereocenters. The van der Waals surface area contributed by atoms with Gasteiger partial charge in [-0.25, -0.2) is 9.78 Å². The summed E-state index contributed by atoms with van der Waals surface area (Å²) in [4.78, 5) is 43.8. The SMILES string of the molecule is CCOC(=O)c1cccc(NC(=O)C(C)Sc2nc(-c3ccc(OC)cc3)cc(=O)[nH]2)c1. The van der Waals surface area contributed by atoms with Crippen LogP contribution < -0.4 is 15.6 Å². The first-order valence-corrected chi connectivity index (χ1v) is 10.8. The second-order valence-electron chi connectivity index (χ2n) is 6.71. The Hall–Kier alpha value is -3.59. The number of thioether (sulfide) groups is 1. The third-order valence-corrected chi connectivity index (χ3v) is 5.39. The van der Waals surface area contributed by atoms with Gasteiger partial charge in [0.1, 0.15) is 5.75 Å². The van der Waals surface area contributed by atoms with Crippen LogP contribution in [0.5, 0.6) is 5.75 Å². The van der Waals surface area contributed by atoms with Gasteiger partial charge < -0.3 is 19.8 Å². The predicted molar refractivity (Wildman–Crippen MR) is 123 cm³/mol. The Labute approximate surface area is 189 Å². The summed E-state index contributed by atoms with van der Waals surface area (Å²) >= 11 is 1.13. The van der Waals surface area contributed by atoms with Crippen LogP contribution in [0.15, 0.2) is 64.5 Å². The van der Waals surface area contributed by atoms with Crippen molar-refractivity contribution in [2.45, 2.75) is 24.3 Å². The van der Waals surface area contributed by atoms with Crippen molar-refractivity contribution < 1.29 is 19.1 Å². The monoisotopic (exact) mass is 453 g/mol. The normalized spacial score (nSPS) is 11.5. The lowest BCUT2D eigenvalue weighted by molar-refractivity contribution is -0.115. The van der Waals surface area contributed by atoms with Crippen LogP contribution in [0.4, 0.5) is 5.69 Å². The van der Waals surface area contributed by atoms with E-state index in [1.165, 1.54) is 6.07 Å². The van der Waals surface area contributed by atoms with E-state index in [1.54, 1.807) is 57.4 Å². The summed E-state index contributed by atoms with van der Waals surface area (Å²) in [6.45, 7) is 3.70.